The van der Waals surface area contributed by atoms with Crippen LogP contribution in [0.15, 0.2) is 36.5 Å². The standard InChI is InChI=1S/C28H37F3N4O2/c1-19-10-13-32-21(3)25(19)26(36)35(37)16-11-27(5,12-17-35)33-14-15-34(20(2)18-33)22(4)23-6-8-24(9-7-23)28(29,30)31/h6-10,13,20,22H,11-12,14-18H2,1-5H3. The van der Waals surface area contributed by atoms with E-state index in [0.717, 1.165) is 42.9 Å². The summed E-state index contributed by atoms with van der Waals surface area (Å²) in [6.45, 7) is 12.8. The van der Waals surface area contributed by atoms with Crippen molar-refractivity contribution in [3.05, 3.63) is 69.7 Å². The Morgan fingerprint density at radius 2 is 1.76 bits per heavy atom. The van der Waals surface area contributed by atoms with Crippen LogP contribution < -0.4 is 0 Å². The average molecular weight is 519 g/mol. The molecule has 202 valence electrons. The van der Waals surface area contributed by atoms with Gasteiger partial charge in [0.2, 0.25) is 0 Å². The summed E-state index contributed by atoms with van der Waals surface area (Å²) in [5.74, 6) is -0.395. The SMILES string of the molecule is Cc1ccnc(C)c1C(=O)[N+]1([O-])CCC(C)(N2CCN(C(C)c3ccc(C(F)(F)F)cc3)C(C)C2)CC1. The van der Waals surface area contributed by atoms with Crippen molar-refractivity contribution in [2.75, 3.05) is 32.7 Å². The van der Waals surface area contributed by atoms with Gasteiger partial charge in [0.05, 0.1) is 24.3 Å². The van der Waals surface area contributed by atoms with Gasteiger partial charge in [-0.3, -0.25) is 19.4 Å². The van der Waals surface area contributed by atoms with Crippen molar-refractivity contribution in [3.63, 3.8) is 0 Å². The number of carbonyl (C=O) groups excluding carboxylic acids is 1. The molecule has 2 atom stereocenters. The molecular weight excluding hydrogens is 481 g/mol. The molecule has 0 saturated carbocycles. The Hall–Kier alpha value is -2.33. The first-order chi connectivity index (χ1) is 17.2. The number of carbonyl (C=O) groups is 1. The van der Waals surface area contributed by atoms with Crippen LogP contribution in [0.5, 0.6) is 0 Å². The Labute approximate surface area is 217 Å². The number of hydrogen-bond acceptors (Lipinski definition) is 5. The van der Waals surface area contributed by atoms with E-state index in [0.29, 0.717) is 24.1 Å². The van der Waals surface area contributed by atoms with Gasteiger partial charge in [-0.05, 0) is 63.9 Å². The van der Waals surface area contributed by atoms with Crippen molar-refractivity contribution in [2.45, 2.75) is 71.3 Å². The summed E-state index contributed by atoms with van der Waals surface area (Å²) in [6, 6.07) is 7.41. The highest BCUT2D eigenvalue weighted by Crippen LogP contribution is 2.37. The lowest BCUT2D eigenvalue weighted by atomic mass is 9.85. The van der Waals surface area contributed by atoms with Crippen LogP contribution in [0.4, 0.5) is 13.2 Å². The van der Waals surface area contributed by atoms with E-state index >= 15 is 0 Å². The van der Waals surface area contributed by atoms with Crippen LogP contribution in [0.3, 0.4) is 0 Å². The Bertz CT molecular complexity index is 1110. The fourth-order valence-electron chi connectivity index (χ4n) is 6.00. The highest BCUT2D eigenvalue weighted by atomic mass is 19.4. The second-order valence-corrected chi connectivity index (χ2v) is 11.1. The minimum Gasteiger partial charge on any atom is -0.625 e. The zero-order valence-corrected chi connectivity index (χ0v) is 22.3. The molecule has 2 unspecified atom stereocenters. The van der Waals surface area contributed by atoms with E-state index in [4.69, 9.17) is 0 Å². The number of hydroxylamine groups is 3. The largest absolute Gasteiger partial charge is 0.625 e. The zero-order chi connectivity index (χ0) is 27.2. The van der Waals surface area contributed by atoms with Gasteiger partial charge >= 0.3 is 12.1 Å². The van der Waals surface area contributed by atoms with E-state index in [9.17, 15) is 23.2 Å². The van der Waals surface area contributed by atoms with Gasteiger partial charge in [-0.15, -0.1) is 0 Å². The first-order valence-electron chi connectivity index (χ1n) is 13.0. The van der Waals surface area contributed by atoms with E-state index in [1.807, 2.05) is 13.8 Å². The van der Waals surface area contributed by atoms with Gasteiger partial charge < -0.3 is 5.21 Å². The number of rotatable bonds is 4. The fourth-order valence-corrected chi connectivity index (χ4v) is 6.00. The highest BCUT2D eigenvalue weighted by Gasteiger charge is 2.45. The Morgan fingerprint density at radius 3 is 2.30 bits per heavy atom. The van der Waals surface area contributed by atoms with Gasteiger partial charge in [-0.25, -0.2) is 4.79 Å². The van der Waals surface area contributed by atoms with Gasteiger partial charge in [-0.1, -0.05) is 12.1 Å². The summed E-state index contributed by atoms with van der Waals surface area (Å²) in [5.41, 5.74) is 1.88. The van der Waals surface area contributed by atoms with E-state index in [-0.39, 0.29) is 30.7 Å². The normalized spacial score (nSPS) is 28.7. The predicted octanol–water partition coefficient (Wildman–Crippen LogP) is 5.49. The number of amides is 1. The van der Waals surface area contributed by atoms with Crippen molar-refractivity contribution in [1.29, 1.82) is 0 Å². The number of nitrogens with zero attached hydrogens (tertiary/aromatic N) is 4. The Kier molecular flexibility index (Phi) is 7.56. The van der Waals surface area contributed by atoms with Gasteiger partial charge in [-0.2, -0.15) is 13.2 Å². The number of benzene rings is 1. The topological polar surface area (TPSA) is 59.5 Å². The number of piperazine rings is 1. The molecule has 1 aromatic carbocycles. The van der Waals surface area contributed by atoms with Crippen molar-refractivity contribution < 1.29 is 22.6 Å². The van der Waals surface area contributed by atoms with Crippen molar-refractivity contribution in [1.82, 2.24) is 14.8 Å². The monoisotopic (exact) mass is 518 g/mol. The molecule has 0 N–H and O–H groups in total. The van der Waals surface area contributed by atoms with Gasteiger partial charge in [0.25, 0.3) is 0 Å². The minimum absolute atomic E-state index is 0.00636. The molecule has 1 amide bonds. The average Bonchev–Trinajstić information content (AvgIpc) is 2.85. The molecule has 37 heavy (non-hydrogen) atoms. The summed E-state index contributed by atoms with van der Waals surface area (Å²) in [5, 5.41) is 13.6. The summed E-state index contributed by atoms with van der Waals surface area (Å²) in [4.78, 5) is 22.3. The quantitative estimate of drug-likeness (QED) is 0.396. The molecule has 0 aliphatic carbocycles. The summed E-state index contributed by atoms with van der Waals surface area (Å²) >= 11 is 0. The predicted molar refractivity (Wildman–Crippen MR) is 137 cm³/mol. The second kappa shape index (κ2) is 10.1. The number of aromatic nitrogens is 1. The molecule has 4 rings (SSSR count). The van der Waals surface area contributed by atoms with Crippen LogP contribution >= 0.6 is 0 Å². The summed E-state index contributed by atoms with van der Waals surface area (Å²) in [7, 11) is 0. The molecule has 2 fully saturated rings. The fraction of sp³-hybridized carbons (Fsp3) is 0.571. The van der Waals surface area contributed by atoms with Crippen molar-refractivity contribution >= 4 is 5.91 Å². The van der Waals surface area contributed by atoms with Gasteiger partial charge in [0.1, 0.15) is 5.56 Å². The third kappa shape index (κ3) is 5.46. The van der Waals surface area contributed by atoms with Gasteiger partial charge in [0.15, 0.2) is 0 Å². The lowest BCUT2D eigenvalue weighted by Gasteiger charge is -2.55. The summed E-state index contributed by atoms with van der Waals surface area (Å²) in [6.07, 6.45) is -1.43. The number of pyridine rings is 1. The van der Waals surface area contributed by atoms with Gasteiger partial charge in [0, 0.05) is 56.3 Å². The number of piperidine rings is 1. The van der Waals surface area contributed by atoms with Crippen LogP contribution in [0.1, 0.15) is 72.4 Å². The van der Waals surface area contributed by atoms with E-state index in [2.05, 4.69) is 28.6 Å². The molecule has 2 aliphatic heterocycles. The molecule has 0 radical (unpaired) electrons. The first kappa shape index (κ1) is 27.7. The molecule has 6 nitrogen and oxygen atoms in total. The van der Waals surface area contributed by atoms with Crippen molar-refractivity contribution in [2.24, 2.45) is 0 Å². The number of quaternary nitrogens is 1. The lowest BCUT2D eigenvalue weighted by molar-refractivity contribution is -0.806. The lowest BCUT2D eigenvalue weighted by Crippen LogP contribution is -2.65. The smallest absolute Gasteiger partial charge is 0.416 e. The zero-order valence-electron chi connectivity index (χ0n) is 22.3. The number of aryl methyl sites for hydroxylation is 2. The third-order valence-corrected chi connectivity index (χ3v) is 8.62. The van der Waals surface area contributed by atoms with E-state index < -0.39 is 22.3 Å². The van der Waals surface area contributed by atoms with Crippen molar-refractivity contribution in [3.8, 4) is 0 Å². The molecule has 0 spiro atoms. The summed E-state index contributed by atoms with van der Waals surface area (Å²) < 4.78 is 38.0. The third-order valence-electron chi connectivity index (χ3n) is 8.62. The molecular formula is C28H37F3N4O2. The number of halogens is 3. The highest BCUT2D eigenvalue weighted by molar-refractivity contribution is 5.91. The Morgan fingerprint density at radius 1 is 1.14 bits per heavy atom. The van der Waals surface area contributed by atoms with Crippen LogP contribution in [0.25, 0.3) is 0 Å². The van der Waals surface area contributed by atoms with E-state index in [1.54, 1.807) is 31.3 Å². The minimum atomic E-state index is -4.34. The van der Waals surface area contributed by atoms with Crippen LogP contribution in [0.2, 0.25) is 0 Å². The maximum absolute atomic E-state index is 13.6. The molecule has 2 aromatic rings. The number of hydrogen-bond donors (Lipinski definition) is 0. The molecule has 2 aliphatic rings. The second-order valence-electron chi connectivity index (χ2n) is 11.1. The Balaban J connectivity index is 1.39. The maximum atomic E-state index is 13.6. The molecule has 9 heteroatoms. The maximum Gasteiger partial charge on any atom is 0.416 e. The van der Waals surface area contributed by atoms with Crippen LogP contribution in [-0.4, -0.2) is 69.6 Å². The molecule has 3 heterocycles. The van der Waals surface area contributed by atoms with E-state index in [1.165, 1.54) is 0 Å². The molecule has 2 saturated heterocycles. The number of likely N-dealkylation sites (tertiary alicyclic amines) is 1. The molecule has 0 bridgehead atoms. The number of alkyl halides is 3. The first-order valence-corrected chi connectivity index (χ1v) is 13.0. The molecule has 1 aromatic heterocycles. The van der Waals surface area contributed by atoms with Crippen LogP contribution in [-0.2, 0) is 6.18 Å². The van der Waals surface area contributed by atoms with Crippen LogP contribution in [0, 0.1) is 19.1 Å².